The first-order chi connectivity index (χ1) is 18.9. The number of benzene rings is 2. The van der Waals surface area contributed by atoms with E-state index in [1.54, 1.807) is 54.2 Å². The van der Waals surface area contributed by atoms with Gasteiger partial charge in [0.05, 0.1) is 5.69 Å². The number of alkyl halides is 3. The largest absolute Gasteiger partial charge is 0.490 e. The minimum absolute atomic E-state index is 0.245. The number of imidazole rings is 1. The number of carbonyl (C=O) groups is 2. The van der Waals surface area contributed by atoms with Crippen molar-refractivity contribution in [3.63, 3.8) is 0 Å². The number of pyridine rings is 1. The summed E-state index contributed by atoms with van der Waals surface area (Å²) in [6, 6.07) is 19.5. The van der Waals surface area contributed by atoms with E-state index in [1.807, 2.05) is 37.3 Å². The van der Waals surface area contributed by atoms with Crippen LogP contribution in [-0.2, 0) is 4.79 Å². The molecule has 204 valence electrons. The SMILES string of the molecule is Cc1ccc(C(=O)Nc2cc(-c3c(-c4ccc(F)c(C)c4)nc4cccnn34)ccn2)cc1.O=C(O)C(F)(F)F. The summed E-state index contributed by atoms with van der Waals surface area (Å²) in [5, 5.41) is 14.4. The number of halogens is 4. The normalized spacial score (nSPS) is 11.1. The zero-order valence-electron chi connectivity index (χ0n) is 21.1. The van der Waals surface area contributed by atoms with Crippen molar-refractivity contribution in [1.29, 1.82) is 0 Å². The number of carbonyl (C=O) groups excluding carboxylic acids is 1. The number of aryl methyl sites for hydroxylation is 2. The standard InChI is InChI=1S/C26H20FN5O.C2HF3O2/c1-16-5-7-18(8-6-16)26(33)30-22-15-20(11-13-28-22)25-24(19-9-10-21(27)17(2)14-19)31-23-4-3-12-29-32(23)25;3-2(4,5)1(6)7/h3-15H,1-2H3,(H,28,30,33);(H,6,7). The van der Waals surface area contributed by atoms with E-state index in [4.69, 9.17) is 14.9 Å². The zero-order chi connectivity index (χ0) is 29.0. The molecule has 5 aromatic rings. The number of nitrogens with one attached hydrogen (secondary N) is 1. The van der Waals surface area contributed by atoms with Crippen molar-refractivity contribution in [2.24, 2.45) is 0 Å². The second-order valence-electron chi connectivity index (χ2n) is 8.62. The molecular formula is C28H21F4N5O3. The van der Waals surface area contributed by atoms with Gasteiger partial charge < -0.3 is 10.4 Å². The lowest BCUT2D eigenvalue weighted by molar-refractivity contribution is -0.192. The van der Waals surface area contributed by atoms with Crippen LogP contribution in [0.25, 0.3) is 28.2 Å². The summed E-state index contributed by atoms with van der Waals surface area (Å²) in [7, 11) is 0. The highest BCUT2D eigenvalue weighted by molar-refractivity contribution is 6.04. The fourth-order valence-electron chi connectivity index (χ4n) is 3.68. The van der Waals surface area contributed by atoms with Crippen LogP contribution in [0.5, 0.6) is 0 Å². The van der Waals surface area contributed by atoms with Gasteiger partial charge in [-0.25, -0.2) is 23.7 Å². The summed E-state index contributed by atoms with van der Waals surface area (Å²) in [4.78, 5) is 30.6. The lowest BCUT2D eigenvalue weighted by Gasteiger charge is -2.09. The first kappa shape index (κ1) is 27.9. The third kappa shape index (κ3) is 6.29. The van der Waals surface area contributed by atoms with Crippen molar-refractivity contribution >= 4 is 23.3 Å². The summed E-state index contributed by atoms with van der Waals surface area (Å²) in [6.45, 7) is 3.69. The molecule has 0 saturated heterocycles. The molecule has 0 radical (unpaired) electrons. The van der Waals surface area contributed by atoms with Crippen molar-refractivity contribution in [2.75, 3.05) is 5.32 Å². The van der Waals surface area contributed by atoms with E-state index in [0.29, 0.717) is 28.3 Å². The van der Waals surface area contributed by atoms with E-state index < -0.39 is 12.1 Å². The van der Waals surface area contributed by atoms with Crippen LogP contribution >= 0.6 is 0 Å². The van der Waals surface area contributed by atoms with Crippen LogP contribution in [0.15, 0.2) is 79.1 Å². The maximum atomic E-state index is 13.9. The lowest BCUT2D eigenvalue weighted by atomic mass is 10.0. The number of carboxylic acid groups (broad SMARTS) is 1. The van der Waals surface area contributed by atoms with Crippen LogP contribution in [-0.4, -0.2) is 42.7 Å². The fraction of sp³-hybridized carbons (Fsp3) is 0.107. The molecule has 0 aliphatic carbocycles. The molecule has 2 N–H and O–H groups in total. The maximum absolute atomic E-state index is 13.9. The van der Waals surface area contributed by atoms with Crippen LogP contribution in [0.2, 0.25) is 0 Å². The van der Waals surface area contributed by atoms with Crippen molar-refractivity contribution in [1.82, 2.24) is 19.6 Å². The van der Waals surface area contributed by atoms with Gasteiger partial charge in [-0.15, -0.1) is 0 Å². The molecule has 0 aliphatic rings. The highest BCUT2D eigenvalue weighted by Crippen LogP contribution is 2.33. The first-order valence-electron chi connectivity index (χ1n) is 11.7. The molecule has 0 bridgehead atoms. The number of carboxylic acids is 1. The minimum atomic E-state index is -5.08. The Kier molecular flexibility index (Phi) is 7.89. The number of hydrogen-bond donors (Lipinski definition) is 2. The molecule has 2 aromatic carbocycles. The molecule has 40 heavy (non-hydrogen) atoms. The number of fused-ring (bicyclic) bond motifs is 1. The fourth-order valence-corrected chi connectivity index (χ4v) is 3.68. The average molecular weight is 552 g/mol. The molecule has 3 aromatic heterocycles. The zero-order valence-corrected chi connectivity index (χ0v) is 21.1. The Morgan fingerprint density at radius 3 is 2.27 bits per heavy atom. The van der Waals surface area contributed by atoms with Crippen LogP contribution in [0, 0.1) is 19.7 Å². The highest BCUT2D eigenvalue weighted by atomic mass is 19.4. The van der Waals surface area contributed by atoms with Gasteiger partial charge in [-0.1, -0.05) is 17.7 Å². The molecule has 0 aliphatic heterocycles. The minimum Gasteiger partial charge on any atom is -0.475 e. The number of anilines is 1. The third-order valence-corrected chi connectivity index (χ3v) is 5.66. The van der Waals surface area contributed by atoms with Gasteiger partial charge >= 0.3 is 12.1 Å². The van der Waals surface area contributed by atoms with Gasteiger partial charge in [-0.3, -0.25) is 4.79 Å². The van der Waals surface area contributed by atoms with Gasteiger partial charge in [0.15, 0.2) is 5.65 Å². The van der Waals surface area contributed by atoms with Gasteiger partial charge in [-0.2, -0.15) is 18.3 Å². The second-order valence-corrected chi connectivity index (χ2v) is 8.62. The molecule has 5 rings (SSSR count). The predicted molar refractivity (Wildman–Crippen MR) is 139 cm³/mol. The van der Waals surface area contributed by atoms with Crippen LogP contribution in [0.1, 0.15) is 21.5 Å². The highest BCUT2D eigenvalue weighted by Gasteiger charge is 2.38. The van der Waals surface area contributed by atoms with Gasteiger partial charge in [0, 0.05) is 29.1 Å². The number of aromatic nitrogens is 4. The average Bonchev–Trinajstić information content (AvgIpc) is 3.30. The quantitative estimate of drug-likeness (QED) is 0.261. The third-order valence-electron chi connectivity index (χ3n) is 5.66. The van der Waals surface area contributed by atoms with Crippen LogP contribution in [0.4, 0.5) is 23.4 Å². The molecule has 3 heterocycles. The Hall–Kier alpha value is -5.13. The van der Waals surface area contributed by atoms with Crippen molar-refractivity contribution in [2.45, 2.75) is 20.0 Å². The Morgan fingerprint density at radius 1 is 0.925 bits per heavy atom. The Morgan fingerprint density at radius 2 is 1.62 bits per heavy atom. The number of amides is 1. The van der Waals surface area contributed by atoms with E-state index in [-0.39, 0.29) is 11.7 Å². The summed E-state index contributed by atoms with van der Waals surface area (Å²) in [5.41, 5.74) is 5.75. The summed E-state index contributed by atoms with van der Waals surface area (Å²) in [6.07, 6.45) is -1.78. The maximum Gasteiger partial charge on any atom is 0.490 e. The van der Waals surface area contributed by atoms with Gasteiger partial charge in [0.1, 0.15) is 17.3 Å². The molecule has 8 nitrogen and oxygen atoms in total. The number of aliphatic carboxylic acids is 1. The summed E-state index contributed by atoms with van der Waals surface area (Å²) >= 11 is 0. The van der Waals surface area contributed by atoms with E-state index in [1.165, 1.54) is 6.07 Å². The molecule has 1 amide bonds. The topological polar surface area (TPSA) is 109 Å². The monoisotopic (exact) mass is 551 g/mol. The Balaban J connectivity index is 0.000000470. The molecule has 0 spiro atoms. The molecule has 0 unspecified atom stereocenters. The second kappa shape index (κ2) is 11.3. The van der Waals surface area contributed by atoms with Crippen LogP contribution < -0.4 is 5.32 Å². The molecule has 12 heteroatoms. The van der Waals surface area contributed by atoms with E-state index >= 15 is 0 Å². The van der Waals surface area contributed by atoms with Gasteiger partial charge in [0.2, 0.25) is 0 Å². The molecule has 0 fully saturated rings. The Labute approximate surface area is 225 Å². The number of hydrogen-bond acceptors (Lipinski definition) is 5. The van der Waals surface area contributed by atoms with E-state index in [0.717, 1.165) is 22.4 Å². The van der Waals surface area contributed by atoms with Crippen LogP contribution in [0.3, 0.4) is 0 Å². The lowest BCUT2D eigenvalue weighted by Crippen LogP contribution is -2.21. The number of nitrogens with zero attached hydrogens (tertiary/aromatic N) is 4. The molecule has 0 saturated carbocycles. The van der Waals surface area contributed by atoms with E-state index in [9.17, 15) is 22.4 Å². The van der Waals surface area contributed by atoms with E-state index in [2.05, 4.69) is 15.4 Å². The van der Waals surface area contributed by atoms with Crippen molar-refractivity contribution in [3.05, 3.63) is 102 Å². The van der Waals surface area contributed by atoms with Gasteiger partial charge in [-0.05, 0) is 74.0 Å². The molecule has 0 atom stereocenters. The predicted octanol–water partition coefficient (Wildman–Crippen LogP) is 6.10. The molecular weight excluding hydrogens is 530 g/mol. The first-order valence-corrected chi connectivity index (χ1v) is 11.7. The van der Waals surface area contributed by atoms with Crippen molar-refractivity contribution in [3.8, 4) is 22.5 Å². The number of rotatable bonds is 4. The van der Waals surface area contributed by atoms with Crippen molar-refractivity contribution < 1.29 is 32.3 Å². The Bertz CT molecular complexity index is 1700. The summed E-state index contributed by atoms with van der Waals surface area (Å²) < 4.78 is 47.4. The summed E-state index contributed by atoms with van der Waals surface area (Å²) in [5.74, 6) is -2.87. The van der Waals surface area contributed by atoms with Gasteiger partial charge in [0.25, 0.3) is 5.91 Å². The smallest absolute Gasteiger partial charge is 0.475 e.